The van der Waals surface area contributed by atoms with Crippen LogP contribution in [0.15, 0.2) is 18.2 Å². The molecule has 1 aliphatic rings. The third-order valence-corrected chi connectivity index (χ3v) is 3.11. The third kappa shape index (κ3) is 3.59. The van der Waals surface area contributed by atoms with Gasteiger partial charge in [0.1, 0.15) is 0 Å². The van der Waals surface area contributed by atoms with Gasteiger partial charge >= 0.3 is 0 Å². The number of nitro groups is 1. The van der Waals surface area contributed by atoms with Gasteiger partial charge < -0.3 is 10.7 Å². The third-order valence-electron chi connectivity index (χ3n) is 3.11. The van der Waals surface area contributed by atoms with Crippen LogP contribution in [-0.4, -0.2) is 11.5 Å². The predicted octanol–water partition coefficient (Wildman–Crippen LogP) is 2.48. The second-order valence-electron chi connectivity index (χ2n) is 4.68. The standard InChI is InChI=1S/C12H18N4O2/c13-15-11-6-10(7-12(8-11)16(17)18)14-5-1-2-9-3-4-9/h6-9,14-15H,1-5,13H2. The van der Waals surface area contributed by atoms with E-state index in [0.717, 1.165) is 24.6 Å². The van der Waals surface area contributed by atoms with Gasteiger partial charge in [0, 0.05) is 24.4 Å². The number of nitro benzene ring substituents is 1. The summed E-state index contributed by atoms with van der Waals surface area (Å²) in [6.07, 6.45) is 5.05. The van der Waals surface area contributed by atoms with Crippen molar-refractivity contribution < 1.29 is 4.92 Å². The normalized spacial score (nSPS) is 14.3. The lowest BCUT2D eigenvalue weighted by Crippen LogP contribution is -2.08. The molecule has 98 valence electrons. The van der Waals surface area contributed by atoms with Crippen LogP contribution in [0.3, 0.4) is 0 Å². The van der Waals surface area contributed by atoms with Crippen LogP contribution in [0.5, 0.6) is 0 Å². The predicted molar refractivity (Wildman–Crippen MR) is 71.4 cm³/mol. The first kappa shape index (κ1) is 12.6. The first-order chi connectivity index (χ1) is 8.69. The van der Waals surface area contributed by atoms with Crippen LogP contribution in [0.4, 0.5) is 17.1 Å². The van der Waals surface area contributed by atoms with Crippen LogP contribution >= 0.6 is 0 Å². The van der Waals surface area contributed by atoms with Crippen molar-refractivity contribution in [2.24, 2.45) is 11.8 Å². The lowest BCUT2D eigenvalue weighted by molar-refractivity contribution is -0.384. The van der Waals surface area contributed by atoms with E-state index in [4.69, 9.17) is 5.84 Å². The topological polar surface area (TPSA) is 93.2 Å². The van der Waals surface area contributed by atoms with E-state index in [1.807, 2.05) is 0 Å². The highest BCUT2D eigenvalue weighted by molar-refractivity contribution is 5.63. The zero-order valence-electron chi connectivity index (χ0n) is 10.2. The maximum atomic E-state index is 10.8. The molecule has 0 aromatic heterocycles. The summed E-state index contributed by atoms with van der Waals surface area (Å²) in [5.74, 6) is 6.21. The van der Waals surface area contributed by atoms with Crippen molar-refractivity contribution in [3.63, 3.8) is 0 Å². The number of nitrogens with zero attached hydrogens (tertiary/aromatic N) is 1. The molecule has 0 amide bonds. The van der Waals surface area contributed by atoms with Gasteiger partial charge in [0.15, 0.2) is 0 Å². The van der Waals surface area contributed by atoms with Gasteiger partial charge in [-0.2, -0.15) is 0 Å². The van der Waals surface area contributed by atoms with Crippen LogP contribution in [0.25, 0.3) is 0 Å². The zero-order valence-corrected chi connectivity index (χ0v) is 10.2. The van der Waals surface area contributed by atoms with Gasteiger partial charge in [0.2, 0.25) is 0 Å². The fourth-order valence-electron chi connectivity index (χ4n) is 1.93. The molecule has 0 heterocycles. The summed E-state index contributed by atoms with van der Waals surface area (Å²) in [4.78, 5) is 10.3. The minimum absolute atomic E-state index is 0.0372. The molecule has 0 unspecified atom stereocenters. The molecular formula is C12H18N4O2. The molecule has 6 heteroatoms. The Kier molecular flexibility index (Phi) is 3.99. The van der Waals surface area contributed by atoms with Gasteiger partial charge in [0.05, 0.1) is 10.6 Å². The van der Waals surface area contributed by atoms with Crippen LogP contribution in [0, 0.1) is 16.0 Å². The Morgan fingerprint density at radius 2 is 2.06 bits per heavy atom. The second kappa shape index (κ2) is 5.68. The van der Waals surface area contributed by atoms with Crippen molar-refractivity contribution in [3.8, 4) is 0 Å². The van der Waals surface area contributed by atoms with E-state index in [2.05, 4.69) is 10.7 Å². The zero-order chi connectivity index (χ0) is 13.0. The number of nitrogens with one attached hydrogen (secondary N) is 2. The fraction of sp³-hybridized carbons (Fsp3) is 0.500. The highest BCUT2D eigenvalue weighted by atomic mass is 16.6. The maximum Gasteiger partial charge on any atom is 0.273 e. The van der Waals surface area contributed by atoms with Crippen LogP contribution < -0.4 is 16.6 Å². The lowest BCUT2D eigenvalue weighted by atomic mass is 10.2. The molecule has 1 aromatic rings. The molecule has 4 N–H and O–H groups in total. The molecule has 0 bridgehead atoms. The lowest BCUT2D eigenvalue weighted by Gasteiger charge is -2.08. The largest absolute Gasteiger partial charge is 0.385 e. The fourth-order valence-corrected chi connectivity index (χ4v) is 1.93. The van der Waals surface area contributed by atoms with Gasteiger partial charge in [-0.05, 0) is 24.8 Å². The van der Waals surface area contributed by atoms with Crippen LogP contribution in [0.2, 0.25) is 0 Å². The first-order valence-corrected chi connectivity index (χ1v) is 6.19. The Balaban J connectivity index is 1.92. The van der Waals surface area contributed by atoms with Crippen molar-refractivity contribution in [2.75, 3.05) is 17.3 Å². The molecule has 1 aliphatic carbocycles. The molecule has 0 spiro atoms. The summed E-state index contributed by atoms with van der Waals surface area (Å²) in [6, 6.07) is 4.71. The summed E-state index contributed by atoms with van der Waals surface area (Å²) in [5, 5.41) is 14.0. The number of hydrogen-bond acceptors (Lipinski definition) is 5. The highest BCUT2D eigenvalue weighted by Gasteiger charge is 2.20. The second-order valence-corrected chi connectivity index (χ2v) is 4.68. The summed E-state index contributed by atoms with van der Waals surface area (Å²) in [7, 11) is 0. The van der Waals surface area contributed by atoms with E-state index in [1.165, 1.54) is 31.4 Å². The van der Waals surface area contributed by atoms with Gasteiger partial charge in [-0.1, -0.05) is 12.8 Å². The molecule has 1 fully saturated rings. The van der Waals surface area contributed by atoms with Gasteiger partial charge in [-0.15, -0.1) is 0 Å². The van der Waals surface area contributed by atoms with Gasteiger partial charge in [-0.25, -0.2) is 0 Å². The monoisotopic (exact) mass is 250 g/mol. The van der Waals surface area contributed by atoms with Crippen molar-refractivity contribution in [1.82, 2.24) is 0 Å². The number of benzene rings is 1. The van der Waals surface area contributed by atoms with E-state index < -0.39 is 4.92 Å². The van der Waals surface area contributed by atoms with Crippen LogP contribution in [-0.2, 0) is 0 Å². The number of anilines is 2. The van der Waals surface area contributed by atoms with Crippen LogP contribution in [0.1, 0.15) is 25.7 Å². The minimum atomic E-state index is -0.420. The molecule has 0 aliphatic heterocycles. The number of non-ortho nitro benzene ring substituents is 1. The minimum Gasteiger partial charge on any atom is -0.385 e. The molecule has 18 heavy (non-hydrogen) atoms. The smallest absolute Gasteiger partial charge is 0.273 e. The average Bonchev–Trinajstić information content (AvgIpc) is 3.18. The Morgan fingerprint density at radius 1 is 1.33 bits per heavy atom. The molecule has 2 rings (SSSR count). The Morgan fingerprint density at radius 3 is 2.67 bits per heavy atom. The summed E-state index contributed by atoms with van der Waals surface area (Å²) in [6.45, 7) is 0.835. The average molecular weight is 250 g/mol. The van der Waals surface area contributed by atoms with E-state index in [-0.39, 0.29) is 5.69 Å². The van der Waals surface area contributed by atoms with E-state index in [9.17, 15) is 10.1 Å². The van der Waals surface area contributed by atoms with E-state index >= 15 is 0 Å². The SMILES string of the molecule is NNc1cc(NCCCC2CC2)cc([N+](=O)[O-])c1. The number of hydrazine groups is 1. The molecule has 0 atom stereocenters. The molecule has 0 saturated heterocycles. The van der Waals surface area contributed by atoms with Crippen molar-refractivity contribution in [1.29, 1.82) is 0 Å². The Bertz CT molecular complexity index is 432. The molecular weight excluding hydrogens is 232 g/mol. The maximum absolute atomic E-state index is 10.8. The number of nitrogen functional groups attached to an aromatic ring is 1. The summed E-state index contributed by atoms with van der Waals surface area (Å²) >= 11 is 0. The highest BCUT2D eigenvalue weighted by Crippen LogP contribution is 2.33. The molecule has 1 aromatic carbocycles. The molecule has 0 radical (unpaired) electrons. The molecule has 6 nitrogen and oxygen atoms in total. The van der Waals surface area contributed by atoms with Crippen molar-refractivity contribution >= 4 is 17.1 Å². The van der Waals surface area contributed by atoms with Gasteiger partial charge in [0.25, 0.3) is 5.69 Å². The van der Waals surface area contributed by atoms with E-state index in [1.54, 1.807) is 6.07 Å². The number of rotatable bonds is 7. The van der Waals surface area contributed by atoms with E-state index in [0.29, 0.717) is 5.69 Å². The summed E-state index contributed by atoms with van der Waals surface area (Å²) in [5.41, 5.74) is 3.74. The Labute approximate surface area is 106 Å². The number of nitrogens with two attached hydrogens (primary N) is 1. The summed E-state index contributed by atoms with van der Waals surface area (Å²) < 4.78 is 0. The number of hydrogen-bond donors (Lipinski definition) is 3. The Hall–Kier alpha value is -1.82. The van der Waals surface area contributed by atoms with Gasteiger partial charge in [-0.3, -0.25) is 16.0 Å². The molecule has 1 saturated carbocycles. The van der Waals surface area contributed by atoms with Crippen molar-refractivity contribution in [3.05, 3.63) is 28.3 Å². The quantitative estimate of drug-likeness (QED) is 0.299. The first-order valence-electron chi connectivity index (χ1n) is 6.19. The van der Waals surface area contributed by atoms with Crippen molar-refractivity contribution in [2.45, 2.75) is 25.7 Å².